The van der Waals surface area contributed by atoms with E-state index >= 15 is 0 Å². The number of aromatic nitrogens is 2. The smallest absolute Gasteiger partial charge is 0.165 e. The Balaban J connectivity index is 1.64. The molecule has 0 N–H and O–H groups in total. The minimum absolute atomic E-state index is 0.144. The molecular formula is C16H18N2O2. The number of aryl methyl sites for hydroxylation is 2. The third-order valence-electron chi connectivity index (χ3n) is 3.66. The average molecular weight is 270 g/mol. The fourth-order valence-electron chi connectivity index (χ4n) is 2.47. The van der Waals surface area contributed by atoms with E-state index in [9.17, 15) is 4.79 Å². The third-order valence-corrected chi connectivity index (χ3v) is 3.66. The Morgan fingerprint density at radius 2 is 2.35 bits per heavy atom. The fourth-order valence-corrected chi connectivity index (χ4v) is 2.47. The minimum Gasteiger partial charge on any atom is -0.493 e. The summed E-state index contributed by atoms with van der Waals surface area (Å²) < 4.78 is 7.34. The van der Waals surface area contributed by atoms with Crippen LogP contribution < -0.4 is 4.74 Å². The van der Waals surface area contributed by atoms with Crippen LogP contribution in [0.3, 0.4) is 0 Å². The van der Waals surface area contributed by atoms with Crippen molar-refractivity contribution in [2.24, 2.45) is 0 Å². The largest absolute Gasteiger partial charge is 0.493 e. The lowest BCUT2D eigenvalue weighted by atomic mass is 10.1. The van der Waals surface area contributed by atoms with Gasteiger partial charge in [0.25, 0.3) is 0 Å². The van der Waals surface area contributed by atoms with Crippen LogP contribution in [0.5, 0.6) is 5.75 Å². The van der Waals surface area contributed by atoms with Crippen LogP contribution in [0, 0.1) is 0 Å². The summed E-state index contributed by atoms with van der Waals surface area (Å²) in [6, 6.07) is 6.36. The lowest BCUT2D eigenvalue weighted by Gasteiger charge is -2.04. The number of ketones is 1. The van der Waals surface area contributed by atoms with E-state index in [1.165, 1.54) is 11.1 Å². The molecule has 0 spiro atoms. The summed E-state index contributed by atoms with van der Waals surface area (Å²) in [4.78, 5) is 11.6. The van der Waals surface area contributed by atoms with E-state index in [1.54, 1.807) is 6.20 Å². The van der Waals surface area contributed by atoms with Gasteiger partial charge in [0.15, 0.2) is 5.78 Å². The van der Waals surface area contributed by atoms with Gasteiger partial charge in [-0.25, -0.2) is 0 Å². The van der Waals surface area contributed by atoms with Crippen molar-refractivity contribution in [3.63, 3.8) is 0 Å². The highest BCUT2D eigenvalue weighted by Crippen LogP contribution is 2.26. The maximum atomic E-state index is 11.6. The van der Waals surface area contributed by atoms with Crippen LogP contribution in [0.1, 0.15) is 34.8 Å². The van der Waals surface area contributed by atoms with E-state index in [0.29, 0.717) is 12.0 Å². The zero-order chi connectivity index (χ0) is 13.9. The van der Waals surface area contributed by atoms with Crippen molar-refractivity contribution in [2.75, 3.05) is 6.61 Å². The Hall–Kier alpha value is -2.10. The summed E-state index contributed by atoms with van der Waals surface area (Å²) in [5.41, 5.74) is 3.28. The molecule has 20 heavy (non-hydrogen) atoms. The highest BCUT2D eigenvalue weighted by molar-refractivity contribution is 5.95. The van der Waals surface area contributed by atoms with Gasteiger partial charge in [0, 0.05) is 25.6 Å². The topological polar surface area (TPSA) is 44.1 Å². The molecule has 104 valence electrons. The van der Waals surface area contributed by atoms with Crippen LogP contribution in [-0.2, 0) is 19.4 Å². The molecule has 1 aromatic heterocycles. The molecule has 0 unspecified atom stereocenters. The molecule has 0 atom stereocenters. The van der Waals surface area contributed by atoms with Crippen molar-refractivity contribution in [3.8, 4) is 5.75 Å². The Bertz CT molecular complexity index is 631. The number of hydrogen-bond acceptors (Lipinski definition) is 3. The fraction of sp³-hybridized carbons (Fsp3) is 0.375. The molecule has 1 aliphatic heterocycles. The zero-order valence-corrected chi connectivity index (χ0v) is 11.6. The Labute approximate surface area is 118 Å². The predicted octanol–water partition coefficient (Wildman–Crippen LogP) is 2.65. The van der Waals surface area contributed by atoms with Crippen molar-refractivity contribution < 1.29 is 9.53 Å². The maximum absolute atomic E-state index is 11.6. The third kappa shape index (κ3) is 2.59. The standard InChI is InChI=1S/C16H18N2O2/c1-2-15(19)14-10-17-18(11-14)7-5-12-3-4-16-13(9-12)6-8-20-16/h3-4,9-11H,2,5-8H2,1H3. The van der Waals surface area contributed by atoms with Gasteiger partial charge < -0.3 is 4.74 Å². The van der Waals surface area contributed by atoms with Crippen LogP contribution >= 0.6 is 0 Å². The van der Waals surface area contributed by atoms with E-state index in [0.717, 1.165) is 31.7 Å². The van der Waals surface area contributed by atoms with Crippen molar-refractivity contribution >= 4 is 5.78 Å². The van der Waals surface area contributed by atoms with Gasteiger partial charge in [-0.2, -0.15) is 5.10 Å². The number of carbonyl (C=O) groups is 1. The van der Waals surface area contributed by atoms with Crippen molar-refractivity contribution in [1.29, 1.82) is 0 Å². The second kappa shape index (κ2) is 5.49. The number of hydrogen-bond donors (Lipinski definition) is 0. The summed E-state index contributed by atoms with van der Waals surface area (Å²) in [5, 5.41) is 4.24. The number of ether oxygens (including phenoxy) is 1. The molecule has 0 aliphatic carbocycles. The van der Waals surface area contributed by atoms with Gasteiger partial charge in [-0.15, -0.1) is 0 Å². The maximum Gasteiger partial charge on any atom is 0.165 e. The van der Waals surface area contributed by atoms with Gasteiger partial charge in [-0.1, -0.05) is 19.1 Å². The number of rotatable bonds is 5. The number of fused-ring (bicyclic) bond motifs is 1. The predicted molar refractivity (Wildman–Crippen MR) is 76.2 cm³/mol. The van der Waals surface area contributed by atoms with Gasteiger partial charge in [0.05, 0.1) is 18.4 Å². The van der Waals surface area contributed by atoms with Crippen molar-refractivity contribution in [1.82, 2.24) is 9.78 Å². The molecule has 0 bridgehead atoms. The molecule has 0 saturated carbocycles. The molecule has 4 heteroatoms. The molecule has 1 aromatic carbocycles. The first kappa shape index (κ1) is 12.9. The molecular weight excluding hydrogens is 252 g/mol. The quantitative estimate of drug-likeness (QED) is 0.785. The summed E-state index contributed by atoms with van der Waals surface area (Å²) >= 11 is 0. The first-order valence-corrected chi connectivity index (χ1v) is 7.06. The summed E-state index contributed by atoms with van der Waals surface area (Å²) in [6.07, 6.45) is 5.93. The lowest BCUT2D eigenvalue weighted by Crippen LogP contribution is -2.02. The molecule has 2 aromatic rings. The van der Waals surface area contributed by atoms with Gasteiger partial charge in [-0.3, -0.25) is 9.48 Å². The minimum atomic E-state index is 0.144. The average Bonchev–Trinajstić information content (AvgIpc) is 3.12. The molecule has 0 radical (unpaired) electrons. The normalized spacial score (nSPS) is 13.1. The van der Waals surface area contributed by atoms with E-state index in [-0.39, 0.29) is 5.78 Å². The van der Waals surface area contributed by atoms with Crippen LogP contribution in [0.15, 0.2) is 30.6 Å². The molecule has 0 fully saturated rings. The number of nitrogens with zero attached hydrogens (tertiary/aromatic N) is 2. The summed E-state index contributed by atoms with van der Waals surface area (Å²) in [7, 11) is 0. The van der Waals surface area contributed by atoms with Crippen LogP contribution in [0.2, 0.25) is 0 Å². The first-order valence-electron chi connectivity index (χ1n) is 7.06. The van der Waals surface area contributed by atoms with E-state index in [2.05, 4.69) is 17.2 Å². The monoisotopic (exact) mass is 270 g/mol. The van der Waals surface area contributed by atoms with E-state index in [1.807, 2.05) is 23.9 Å². The molecule has 1 aliphatic rings. The number of Topliss-reactive ketones (excluding diaryl/α,β-unsaturated/α-hetero) is 1. The highest BCUT2D eigenvalue weighted by atomic mass is 16.5. The van der Waals surface area contributed by atoms with Crippen molar-refractivity contribution in [2.45, 2.75) is 32.7 Å². The van der Waals surface area contributed by atoms with Crippen molar-refractivity contribution in [3.05, 3.63) is 47.3 Å². The Kier molecular flexibility index (Phi) is 3.54. The Morgan fingerprint density at radius 1 is 1.45 bits per heavy atom. The van der Waals surface area contributed by atoms with Crippen LogP contribution in [0.25, 0.3) is 0 Å². The van der Waals surface area contributed by atoms with E-state index < -0.39 is 0 Å². The summed E-state index contributed by atoms with van der Waals surface area (Å²) in [5.74, 6) is 1.16. The lowest BCUT2D eigenvalue weighted by molar-refractivity contribution is 0.0988. The van der Waals surface area contributed by atoms with Crippen LogP contribution in [0.4, 0.5) is 0 Å². The molecule has 2 heterocycles. The molecule has 4 nitrogen and oxygen atoms in total. The molecule has 3 rings (SSSR count). The zero-order valence-electron chi connectivity index (χ0n) is 11.6. The van der Waals surface area contributed by atoms with Crippen LogP contribution in [-0.4, -0.2) is 22.2 Å². The second-order valence-corrected chi connectivity index (χ2v) is 5.06. The van der Waals surface area contributed by atoms with Gasteiger partial charge in [-0.05, 0) is 23.6 Å². The first-order chi connectivity index (χ1) is 9.76. The number of benzene rings is 1. The summed E-state index contributed by atoms with van der Waals surface area (Å²) in [6.45, 7) is 3.45. The SMILES string of the molecule is CCC(=O)c1cnn(CCc2ccc3c(c2)CCO3)c1. The highest BCUT2D eigenvalue weighted by Gasteiger charge is 2.12. The Morgan fingerprint density at radius 3 is 3.20 bits per heavy atom. The van der Waals surface area contributed by atoms with Gasteiger partial charge in [0.2, 0.25) is 0 Å². The van der Waals surface area contributed by atoms with E-state index in [4.69, 9.17) is 4.74 Å². The van der Waals surface area contributed by atoms with Gasteiger partial charge in [0.1, 0.15) is 5.75 Å². The molecule has 0 saturated heterocycles. The molecule has 0 amide bonds. The number of carbonyl (C=O) groups excluding carboxylic acids is 1. The van der Waals surface area contributed by atoms with Gasteiger partial charge >= 0.3 is 0 Å². The second-order valence-electron chi connectivity index (χ2n) is 5.06.